The maximum absolute atomic E-state index is 11.3. The largest absolute Gasteiger partial charge is 0.385 e. The molecule has 1 aromatic rings. The first kappa shape index (κ1) is 11.0. The first-order valence-corrected chi connectivity index (χ1v) is 5.93. The zero-order chi connectivity index (χ0) is 11.2. The number of para-hydroxylation sites is 1. The standard InChI is InChI=1S/C13H18N2O/c16-13-8-4-10-15(13)11-5-9-14-12-6-2-1-3-7-12/h1-3,6-7,14H,4-5,8-11H2. The molecule has 1 amide bonds. The van der Waals surface area contributed by atoms with Gasteiger partial charge in [0.15, 0.2) is 0 Å². The topological polar surface area (TPSA) is 32.3 Å². The highest BCUT2D eigenvalue weighted by molar-refractivity contribution is 5.77. The first-order valence-electron chi connectivity index (χ1n) is 5.93. The lowest BCUT2D eigenvalue weighted by molar-refractivity contribution is -0.127. The van der Waals surface area contributed by atoms with E-state index in [2.05, 4.69) is 17.4 Å². The van der Waals surface area contributed by atoms with Crippen molar-refractivity contribution in [3.8, 4) is 0 Å². The third-order valence-corrected chi connectivity index (χ3v) is 2.88. The Kier molecular flexibility index (Phi) is 3.81. The van der Waals surface area contributed by atoms with Gasteiger partial charge in [-0.05, 0) is 25.0 Å². The van der Waals surface area contributed by atoms with Gasteiger partial charge in [-0.2, -0.15) is 0 Å². The molecule has 0 aromatic heterocycles. The summed E-state index contributed by atoms with van der Waals surface area (Å²) >= 11 is 0. The van der Waals surface area contributed by atoms with E-state index in [0.717, 1.165) is 44.6 Å². The van der Waals surface area contributed by atoms with Gasteiger partial charge in [0.2, 0.25) is 5.91 Å². The number of hydrogen-bond acceptors (Lipinski definition) is 2. The number of nitrogens with zero attached hydrogens (tertiary/aromatic N) is 1. The highest BCUT2D eigenvalue weighted by Gasteiger charge is 2.18. The molecule has 0 spiro atoms. The van der Waals surface area contributed by atoms with Crippen molar-refractivity contribution < 1.29 is 4.79 Å². The maximum Gasteiger partial charge on any atom is 0.222 e. The first-order chi connectivity index (χ1) is 7.86. The van der Waals surface area contributed by atoms with Crippen molar-refractivity contribution in [3.05, 3.63) is 30.3 Å². The summed E-state index contributed by atoms with van der Waals surface area (Å²) in [6, 6.07) is 10.2. The van der Waals surface area contributed by atoms with E-state index >= 15 is 0 Å². The Morgan fingerprint density at radius 1 is 1.25 bits per heavy atom. The van der Waals surface area contributed by atoms with Crippen LogP contribution in [0, 0.1) is 0 Å². The van der Waals surface area contributed by atoms with Gasteiger partial charge in [0.05, 0.1) is 0 Å². The minimum absolute atomic E-state index is 0.319. The molecule has 1 aromatic carbocycles. The van der Waals surface area contributed by atoms with Crippen LogP contribution in [0.5, 0.6) is 0 Å². The van der Waals surface area contributed by atoms with E-state index in [1.165, 1.54) is 0 Å². The summed E-state index contributed by atoms with van der Waals surface area (Å²) in [7, 11) is 0. The summed E-state index contributed by atoms with van der Waals surface area (Å²) in [4.78, 5) is 13.3. The van der Waals surface area contributed by atoms with Crippen LogP contribution >= 0.6 is 0 Å². The Bertz CT molecular complexity index is 337. The van der Waals surface area contributed by atoms with E-state index in [-0.39, 0.29) is 0 Å². The number of rotatable bonds is 5. The van der Waals surface area contributed by atoms with Crippen LogP contribution in [0.1, 0.15) is 19.3 Å². The molecule has 1 aliphatic rings. The monoisotopic (exact) mass is 218 g/mol. The number of amides is 1. The van der Waals surface area contributed by atoms with Crippen LogP contribution in [-0.4, -0.2) is 30.4 Å². The number of hydrogen-bond donors (Lipinski definition) is 1. The zero-order valence-electron chi connectivity index (χ0n) is 9.48. The Hall–Kier alpha value is -1.51. The van der Waals surface area contributed by atoms with Crippen LogP contribution in [0.25, 0.3) is 0 Å². The van der Waals surface area contributed by atoms with E-state index in [1.54, 1.807) is 0 Å². The molecule has 1 N–H and O–H groups in total. The van der Waals surface area contributed by atoms with Crippen molar-refractivity contribution in [1.29, 1.82) is 0 Å². The lowest BCUT2D eigenvalue weighted by atomic mass is 10.3. The van der Waals surface area contributed by atoms with Crippen LogP contribution in [0.3, 0.4) is 0 Å². The Labute approximate surface area is 96.5 Å². The summed E-state index contributed by atoms with van der Waals surface area (Å²) < 4.78 is 0. The third kappa shape index (κ3) is 2.99. The van der Waals surface area contributed by atoms with Gasteiger partial charge in [-0.15, -0.1) is 0 Å². The molecule has 0 unspecified atom stereocenters. The molecule has 1 fully saturated rings. The number of likely N-dealkylation sites (tertiary alicyclic amines) is 1. The second-order valence-corrected chi connectivity index (χ2v) is 4.13. The van der Waals surface area contributed by atoms with Crippen LogP contribution < -0.4 is 5.32 Å². The van der Waals surface area contributed by atoms with Gasteiger partial charge in [-0.3, -0.25) is 4.79 Å². The summed E-state index contributed by atoms with van der Waals surface area (Å²) in [6.45, 7) is 2.76. The molecular formula is C13H18N2O. The molecule has 1 saturated heterocycles. The van der Waals surface area contributed by atoms with E-state index in [4.69, 9.17) is 0 Å². The van der Waals surface area contributed by atoms with Crippen LogP contribution in [-0.2, 0) is 4.79 Å². The second kappa shape index (κ2) is 5.54. The third-order valence-electron chi connectivity index (χ3n) is 2.88. The number of anilines is 1. The Morgan fingerprint density at radius 2 is 2.06 bits per heavy atom. The lowest BCUT2D eigenvalue weighted by Crippen LogP contribution is -2.26. The van der Waals surface area contributed by atoms with E-state index < -0.39 is 0 Å². The molecular weight excluding hydrogens is 200 g/mol. The van der Waals surface area contributed by atoms with Gasteiger partial charge in [0.1, 0.15) is 0 Å². The average Bonchev–Trinajstić information content (AvgIpc) is 2.72. The second-order valence-electron chi connectivity index (χ2n) is 4.13. The fourth-order valence-electron chi connectivity index (χ4n) is 2.00. The Morgan fingerprint density at radius 3 is 2.75 bits per heavy atom. The highest BCUT2D eigenvalue weighted by atomic mass is 16.2. The molecule has 86 valence electrons. The van der Waals surface area contributed by atoms with E-state index in [1.807, 2.05) is 23.1 Å². The summed E-state index contributed by atoms with van der Waals surface area (Å²) in [5.41, 5.74) is 1.15. The van der Waals surface area contributed by atoms with Crippen molar-refractivity contribution in [1.82, 2.24) is 4.90 Å². The van der Waals surface area contributed by atoms with Crippen LogP contribution in [0.4, 0.5) is 5.69 Å². The van der Waals surface area contributed by atoms with Crippen LogP contribution in [0.2, 0.25) is 0 Å². The number of benzene rings is 1. The van der Waals surface area contributed by atoms with Crippen molar-refractivity contribution in [3.63, 3.8) is 0 Å². The maximum atomic E-state index is 11.3. The molecule has 0 saturated carbocycles. The normalized spacial score (nSPS) is 15.5. The zero-order valence-corrected chi connectivity index (χ0v) is 9.48. The summed E-state index contributed by atoms with van der Waals surface area (Å²) in [5, 5.41) is 3.35. The van der Waals surface area contributed by atoms with Crippen LogP contribution in [0.15, 0.2) is 30.3 Å². The highest BCUT2D eigenvalue weighted by Crippen LogP contribution is 2.10. The van der Waals surface area contributed by atoms with Gasteiger partial charge >= 0.3 is 0 Å². The minimum Gasteiger partial charge on any atom is -0.385 e. The number of nitrogens with one attached hydrogen (secondary N) is 1. The minimum atomic E-state index is 0.319. The van der Waals surface area contributed by atoms with E-state index in [9.17, 15) is 4.79 Å². The molecule has 0 aliphatic carbocycles. The molecule has 1 aliphatic heterocycles. The molecule has 0 atom stereocenters. The number of carbonyl (C=O) groups is 1. The molecule has 3 nitrogen and oxygen atoms in total. The predicted octanol–water partition coefficient (Wildman–Crippen LogP) is 2.11. The average molecular weight is 218 g/mol. The van der Waals surface area contributed by atoms with E-state index in [0.29, 0.717) is 5.91 Å². The molecule has 2 rings (SSSR count). The van der Waals surface area contributed by atoms with Crippen molar-refractivity contribution >= 4 is 11.6 Å². The number of carbonyl (C=O) groups excluding carboxylic acids is 1. The van der Waals surface area contributed by atoms with Gasteiger partial charge in [0, 0.05) is 31.7 Å². The smallest absolute Gasteiger partial charge is 0.222 e. The van der Waals surface area contributed by atoms with Crippen molar-refractivity contribution in [2.24, 2.45) is 0 Å². The van der Waals surface area contributed by atoms with Gasteiger partial charge in [0.25, 0.3) is 0 Å². The molecule has 3 heteroatoms. The quantitative estimate of drug-likeness (QED) is 0.768. The lowest BCUT2D eigenvalue weighted by Gasteiger charge is -2.15. The fraction of sp³-hybridized carbons (Fsp3) is 0.462. The molecule has 0 radical (unpaired) electrons. The predicted molar refractivity (Wildman–Crippen MR) is 65.4 cm³/mol. The van der Waals surface area contributed by atoms with Gasteiger partial charge < -0.3 is 10.2 Å². The molecule has 0 bridgehead atoms. The van der Waals surface area contributed by atoms with Crippen molar-refractivity contribution in [2.75, 3.05) is 25.0 Å². The van der Waals surface area contributed by atoms with Gasteiger partial charge in [-0.25, -0.2) is 0 Å². The fourth-order valence-corrected chi connectivity index (χ4v) is 2.00. The Balaban J connectivity index is 1.64. The van der Waals surface area contributed by atoms with Crippen molar-refractivity contribution in [2.45, 2.75) is 19.3 Å². The SMILES string of the molecule is O=C1CCCN1CCCNc1ccccc1. The summed E-state index contributed by atoms with van der Waals surface area (Å²) in [6.07, 6.45) is 2.79. The molecule has 1 heterocycles. The van der Waals surface area contributed by atoms with Gasteiger partial charge in [-0.1, -0.05) is 18.2 Å². The molecule has 16 heavy (non-hydrogen) atoms. The summed E-state index contributed by atoms with van der Waals surface area (Å²) in [5.74, 6) is 0.319.